The van der Waals surface area contributed by atoms with Gasteiger partial charge in [0.2, 0.25) is 5.89 Å². The van der Waals surface area contributed by atoms with Crippen LogP contribution in [0.25, 0.3) is 0 Å². The molecule has 0 spiro atoms. The number of oxazole rings is 1. The summed E-state index contributed by atoms with van der Waals surface area (Å²) in [5.41, 5.74) is 3.32. The SMILES string of the molecule is CCNC(=NCc1nc(C)c(C)o1)NCCc1cc(C)ccc1OC. The van der Waals surface area contributed by atoms with Crippen molar-refractivity contribution in [1.82, 2.24) is 15.6 Å². The van der Waals surface area contributed by atoms with Gasteiger partial charge in [0, 0.05) is 13.1 Å². The number of hydrogen-bond acceptors (Lipinski definition) is 4. The fourth-order valence-corrected chi connectivity index (χ4v) is 2.51. The van der Waals surface area contributed by atoms with Crippen LogP contribution < -0.4 is 15.4 Å². The molecule has 136 valence electrons. The average molecular weight is 344 g/mol. The van der Waals surface area contributed by atoms with Crippen LogP contribution in [-0.4, -0.2) is 31.1 Å². The second-order valence-corrected chi connectivity index (χ2v) is 5.94. The minimum Gasteiger partial charge on any atom is -0.496 e. The number of guanidine groups is 1. The van der Waals surface area contributed by atoms with E-state index >= 15 is 0 Å². The maximum Gasteiger partial charge on any atom is 0.216 e. The summed E-state index contributed by atoms with van der Waals surface area (Å²) in [5, 5.41) is 6.58. The molecule has 1 aromatic heterocycles. The first-order valence-electron chi connectivity index (χ1n) is 8.62. The molecule has 0 saturated carbocycles. The highest BCUT2D eigenvalue weighted by Crippen LogP contribution is 2.19. The van der Waals surface area contributed by atoms with E-state index in [4.69, 9.17) is 9.15 Å². The summed E-state index contributed by atoms with van der Waals surface area (Å²) in [6, 6.07) is 6.22. The van der Waals surface area contributed by atoms with Crippen molar-refractivity contribution in [3.05, 3.63) is 46.7 Å². The van der Waals surface area contributed by atoms with Crippen molar-refractivity contribution < 1.29 is 9.15 Å². The molecule has 0 bridgehead atoms. The van der Waals surface area contributed by atoms with Gasteiger partial charge in [-0.05, 0) is 45.7 Å². The molecule has 6 heteroatoms. The zero-order valence-electron chi connectivity index (χ0n) is 15.8. The first-order valence-corrected chi connectivity index (χ1v) is 8.62. The molecule has 6 nitrogen and oxygen atoms in total. The van der Waals surface area contributed by atoms with E-state index in [2.05, 4.69) is 39.7 Å². The van der Waals surface area contributed by atoms with Gasteiger partial charge in [-0.25, -0.2) is 9.98 Å². The van der Waals surface area contributed by atoms with Crippen molar-refractivity contribution in [2.45, 2.75) is 40.7 Å². The molecule has 0 radical (unpaired) electrons. The molecule has 0 amide bonds. The normalized spacial score (nSPS) is 11.5. The number of methoxy groups -OCH3 is 1. The van der Waals surface area contributed by atoms with Crippen molar-refractivity contribution in [3.8, 4) is 5.75 Å². The lowest BCUT2D eigenvalue weighted by Gasteiger charge is -2.13. The number of nitrogens with zero attached hydrogens (tertiary/aromatic N) is 2. The van der Waals surface area contributed by atoms with Crippen molar-refractivity contribution in [2.75, 3.05) is 20.2 Å². The minimum atomic E-state index is 0.414. The average Bonchev–Trinajstić information content (AvgIpc) is 2.91. The van der Waals surface area contributed by atoms with Crippen LogP contribution in [0, 0.1) is 20.8 Å². The van der Waals surface area contributed by atoms with Crippen LogP contribution in [-0.2, 0) is 13.0 Å². The van der Waals surface area contributed by atoms with Crippen LogP contribution in [0.1, 0.15) is 35.4 Å². The highest BCUT2D eigenvalue weighted by molar-refractivity contribution is 5.79. The number of ether oxygens (including phenoxy) is 1. The summed E-state index contributed by atoms with van der Waals surface area (Å²) in [6.07, 6.45) is 0.854. The van der Waals surface area contributed by atoms with E-state index in [9.17, 15) is 0 Å². The Kier molecular flexibility index (Phi) is 6.86. The van der Waals surface area contributed by atoms with Gasteiger partial charge in [0.1, 0.15) is 18.1 Å². The largest absolute Gasteiger partial charge is 0.496 e. The number of aryl methyl sites for hydroxylation is 3. The first-order chi connectivity index (χ1) is 12.0. The van der Waals surface area contributed by atoms with Gasteiger partial charge in [-0.15, -0.1) is 0 Å². The molecule has 0 fully saturated rings. The topological polar surface area (TPSA) is 71.7 Å². The van der Waals surface area contributed by atoms with Crippen LogP contribution in [0.3, 0.4) is 0 Å². The molecule has 0 aliphatic carbocycles. The van der Waals surface area contributed by atoms with Crippen LogP contribution in [0.5, 0.6) is 5.75 Å². The lowest BCUT2D eigenvalue weighted by Crippen LogP contribution is -2.38. The Hall–Kier alpha value is -2.50. The Morgan fingerprint density at radius 3 is 2.68 bits per heavy atom. The zero-order chi connectivity index (χ0) is 18.2. The molecule has 1 aromatic carbocycles. The zero-order valence-corrected chi connectivity index (χ0v) is 15.8. The fourth-order valence-electron chi connectivity index (χ4n) is 2.51. The van der Waals surface area contributed by atoms with Gasteiger partial charge in [-0.3, -0.25) is 0 Å². The Bertz CT molecular complexity index is 703. The predicted octanol–water partition coefficient (Wildman–Crippen LogP) is 2.91. The van der Waals surface area contributed by atoms with E-state index in [0.29, 0.717) is 12.4 Å². The van der Waals surface area contributed by atoms with Gasteiger partial charge in [0.15, 0.2) is 5.96 Å². The standard InChI is InChI=1S/C19H28N4O2/c1-6-20-19(22-12-18-23-14(3)15(4)25-18)21-10-9-16-11-13(2)7-8-17(16)24-5/h7-8,11H,6,9-10,12H2,1-5H3,(H2,20,21,22). The third-order valence-electron chi connectivity index (χ3n) is 3.91. The monoisotopic (exact) mass is 344 g/mol. The van der Waals surface area contributed by atoms with E-state index in [0.717, 1.165) is 42.7 Å². The first kappa shape index (κ1) is 18.8. The predicted molar refractivity (Wildman–Crippen MR) is 100 cm³/mol. The molecule has 2 rings (SSSR count). The van der Waals surface area contributed by atoms with Gasteiger partial charge in [-0.2, -0.15) is 0 Å². The highest BCUT2D eigenvalue weighted by atomic mass is 16.5. The smallest absolute Gasteiger partial charge is 0.216 e. The van der Waals surface area contributed by atoms with E-state index < -0.39 is 0 Å². The van der Waals surface area contributed by atoms with Crippen LogP contribution >= 0.6 is 0 Å². The Morgan fingerprint density at radius 2 is 2.04 bits per heavy atom. The third kappa shape index (κ3) is 5.52. The quantitative estimate of drug-likeness (QED) is 0.597. The summed E-state index contributed by atoms with van der Waals surface area (Å²) in [4.78, 5) is 8.89. The maximum atomic E-state index is 5.57. The summed E-state index contributed by atoms with van der Waals surface area (Å²) < 4.78 is 11.0. The van der Waals surface area contributed by atoms with Crippen molar-refractivity contribution in [3.63, 3.8) is 0 Å². The summed E-state index contributed by atoms with van der Waals surface area (Å²) in [6.45, 7) is 9.94. The molecule has 0 aliphatic rings. The number of aliphatic imine (C=N–C) groups is 1. The molecular weight excluding hydrogens is 316 g/mol. The van der Waals surface area contributed by atoms with Crippen LogP contribution in [0.15, 0.2) is 27.6 Å². The Labute approximate surface area is 149 Å². The van der Waals surface area contributed by atoms with Gasteiger partial charge >= 0.3 is 0 Å². The van der Waals surface area contributed by atoms with E-state index in [1.54, 1.807) is 7.11 Å². The molecule has 0 atom stereocenters. The number of hydrogen-bond donors (Lipinski definition) is 2. The van der Waals surface area contributed by atoms with E-state index in [-0.39, 0.29) is 0 Å². The molecule has 25 heavy (non-hydrogen) atoms. The molecule has 0 aliphatic heterocycles. The number of benzene rings is 1. The summed E-state index contributed by atoms with van der Waals surface area (Å²) >= 11 is 0. The molecule has 0 unspecified atom stereocenters. The van der Waals surface area contributed by atoms with Gasteiger partial charge in [-0.1, -0.05) is 17.7 Å². The van der Waals surface area contributed by atoms with Crippen LogP contribution in [0.2, 0.25) is 0 Å². The molecule has 2 N–H and O–H groups in total. The number of nitrogens with one attached hydrogen (secondary N) is 2. The van der Waals surface area contributed by atoms with Gasteiger partial charge < -0.3 is 19.8 Å². The fraction of sp³-hybridized carbons (Fsp3) is 0.474. The summed E-state index contributed by atoms with van der Waals surface area (Å²) in [7, 11) is 1.70. The second kappa shape index (κ2) is 9.11. The number of rotatable bonds is 7. The second-order valence-electron chi connectivity index (χ2n) is 5.94. The Morgan fingerprint density at radius 1 is 1.24 bits per heavy atom. The number of aromatic nitrogens is 1. The van der Waals surface area contributed by atoms with Gasteiger partial charge in [0.05, 0.1) is 12.8 Å². The molecular formula is C19H28N4O2. The highest BCUT2D eigenvalue weighted by Gasteiger charge is 2.06. The minimum absolute atomic E-state index is 0.414. The maximum absolute atomic E-state index is 5.57. The van der Waals surface area contributed by atoms with Gasteiger partial charge in [0.25, 0.3) is 0 Å². The lowest BCUT2D eigenvalue weighted by atomic mass is 10.1. The van der Waals surface area contributed by atoms with E-state index in [1.807, 2.05) is 26.8 Å². The van der Waals surface area contributed by atoms with E-state index in [1.165, 1.54) is 11.1 Å². The van der Waals surface area contributed by atoms with Crippen molar-refractivity contribution >= 4 is 5.96 Å². The van der Waals surface area contributed by atoms with Crippen LogP contribution in [0.4, 0.5) is 0 Å². The van der Waals surface area contributed by atoms with Crippen molar-refractivity contribution in [2.24, 2.45) is 4.99 Å². The Balaban J connectivity index is 1.95. The molecule has 2 aromatic rings. The molecule has 1 heterocycles. The van der Waals surface area contributed by atoms with Crippen molar-refractivity contribution in [1.29, 1.82) is 0 Å². The summed E-state index contributed by atoms with van der Waals surface area (Å²) in [5.74, 6) is 3.14. The molecule has 0 saturated heterocycles. The third-order valence-corrected chi connectivity index (χ3v) is 3.91. The lowest BCUT2D eigenvalue weighted by molar-refractivity contribution is 0.409.